The lowest BCUT2D eigenvalue weighted by Crippen LogP contribution is -2.60. The molecule has 13 heteroatoms. The molecule has 0 aliphatic heterocycles. The van der Waals surface area contributed by atoms with E-state index in [0.717, 1.165) is 0 Å². The number of aliphatic hydroxyl groups is 2. The van der Waals surface area contributed by atoms with Crippen LogP contribution in [-0.2, 0) is 24.0 Å². The average Bonchev–Trinajstić information content (AvgIpc) is 2.70. The maximum Gasteiger partial charge on any atom is 0.328 e. The first-order valence-electron chi connectivity index (χ1n) is 10.3. The molecule has 4 amide bonds. The van der Waals surface area contributed by atoms with E-state index in [1.54, 1.807) is 13.8 Å². The molecular weight excluding hydrogens is 426 g/mol. The van der Waals surface area contributed by atoms with Crippen LogP contribution in [0.1, 0.15) is 47.0 Å². The first kappa shape index (κ1) is 29.2. The molecule has 0 bridgehead atoms. The number of hydrogen-bond acceptors (Lipinski definition) is 8. The predicted octanol–water partition coefficient (Wildman–Crippen LogP) is -3.07. The van der Waals surface area contributed by atoms with Gasteiger partial charge in [0.05, 0.1) is 12.2 Å². The maximum absolute atomic E-state index is 12.8. The molecule has 0 heterocycles. The van der Waals surface area contributed by atoms with Crippen LogP contribution in [0.5, 0.6) is 0 Å². The summed E-state index contributed by atoms with van der Waals surface area (Å²) in [6, 6.07) is -5.44. The Labute approximate surface area is 186 Å². The Balaban J connectivity index is 5.62. The van der Waals surface area contributed by atoms with E-state index >= 15 is 0 Å². The molecule has 0 rings (SSSR count). The van der Waals surface area contributed by atoms with E-state index in [0.29, 0.717) is 6.42 Å². The molecule has 184 valence electrons. The summed E-state index contributed by atoms with van der Waals surface area (Å²) < 4.78 is 0. The Bertz CT molecular complexity index is 685. The van der Waals surface area contributed by atoms with Gasteiger partial charge in [0, 0.05) is 6.42 Å². The van der Waals surface area contributed by atoms with Crippen molar-refractivity contribution in [2.75, 3.05) is 0 Å². The first-order valence-corrected chi connectivity index (χ1v) is 10.3. The molecule has 0 aromatic rings. The second-order valence-electron chi connectivity index (χ2n) is 7.77. The van der Waals surface area contributed by atoms with Crippen molar-refractivity contribution >= 4 is 29.6 Å². The molecule has 0 aliphatic carbocycles. The third-order valence-electron chi connectivity index (χ3n) is 4.97. The number of carbonyl (C=O) groups excluding carboxylic acids is 4. The third-order valence-corrected chi connectivity index (χ3v) is 4.97. The van der Waals surface area contributed by atoms with Crippen molar-refractivity contribution in [2.45, 2.75) is 83.3 Å². The molecule has 0 aromatic carbocycles. The summed E-state index contributed by atoms with van der Waals surface area (Å²) >= 11 is 0. The number of aliphatic hydroxyl groups excluding tert-OH is 2. The number of carboxylic acid groups (broad SMARTS) is 1. The molecule has 0 spiro atoms. The third kappa shape index (κ3) is 9.58. The number of hydrogen-bond donors (Lipinski definition) is 8. The number of nitrogens with two attached hydrogens (primary N) is 2. The zero-order valence-electron chi connectivity index (χ0n) is 18.7. The van der Waals surface area contributed by atoms with Gasteiger partial charge in [-0.15, -0.1) is 0 Å². The Morgan fingerprint density at radius 1 is 0.844 bits per heavy atom. The van der Waals surface area contributed by atoms with Gasteiger partial charge in [-0.3, -0.25) is 19.2 Å². The number of primary amides is 1. The molecule has 0 aromatic heterocycles. The summed E-state index contributed by atoms with van der Waals surface area (Å²) in [5.74, 6) is -5.16. The SMILES string of the molecule is CCC(C)C(NC(=O)C(CCC(N)=O)NC(=O)C(N)C(C)O)C(=O)NC(C(=O)O)C(C)O. The standard InChI is InChI=1S/C19H35N5O8/c1-5-8(2)14(18(30)24-15(10(4)26)19(31)32)23-16(28)11(6-7-12(20)27)22-17(29)13(21)9(3)25/h8-11,13-15,25-26H,5-7,21H2,1-4H3,(H2,20,27)(H,22,29)(H,23,28)(H,24,30)(H,31,32). The fraction of sp³-hybridized carbons (Fsp3) is 0.737. The minimum atomic E-state index is -1.60. The lowest BCUT2D eigenvalue weighted by atomic mass is 9.96. The smallest absolute Gasteiger partial charge is 0.328 e. The predicted molar refractivity (Wildman–Crippen MR) is 113 cm³/mol. The van der Waals surface area contributed by atoms with E-state index in [1.807, 2.05) is 0 Å². The van der Waals surface area contributed by atoms with Crippen molar-refractivity contribution in [3.05, 3.63) is 0 Å². The number of rotatable bonds is 14. The van der Waals surface area contributed by atoms with Gasteiger partial charge in [-0.2, -0.15) is 0 Å². The van der Waals surface area contributed by atoms with Crippen LogP contribution >= 0.6 is 0 Å². The topological polar surface area (TPSA) is 234 Å². The lowest BCUT2D eigenvalue weighted by Gasteiger charge is -2.28. The van der Waals surface area contributed by atoms with E-state index < -0.39 is 71.9 Å². The monoisotopic (exact) mass is 461 g/mol. The molecule has 7 atom stereocenters. The zero-order chi connectivity index (χ0) is 25.2. The summed E-state index contributed by atoms with van der Waals surface area (Å²) in [6.07, 6.45) is -2.63. The van der Waals surface area contributed by atoms with Crippen molar-refractivity contribution in [3.8, 4) is 0 Å². The summed E-state index contributed by atoms with van der Waals surface area (Å²) in [5.41, 5.74) is 10.7. The number of nitrogens with one attached hydrogen (secondary N) is 3. The fourth-order valence-corrected chi connectivity index (χ4v) is 2.63. The second kappa shape index (κ2) is 13.6. The average molecular weight is 462 g/mol. The quantitative estimate of drug-likeness (QED) is 0.131. The molecule has 32 heavy (non-hydrogen) atoms. The molecule has 13 nitrogen and oxygen atoms in total. The van der Waals surface area contributed by atoms with Gasteiger partial charge < -0.3 is 42.7 Å². The van der Waals surface area contributed by atoms with Crippen molar-refractivity contribution in [3.63, 3.8) is 0 Å². The summed E-state index contributed by atoms with van der Waals surface area (Å²) in [5, 5.41) is 35.2. The highest BCUT2D eigenvalue weighted by molar-refractivity contribution is 5.94. The van der Waals surface area contributed by atoms with Gasteiger partial charge >= 0.3 is 5.97 Å². The van der Waals surface area contributed by atoms with Gasteiger partial charge in [-0.1, -0.05) is 20.3 Å². The summed E-state index contributed by atoms with van der Waals surface area (Å²) in [4.78, 5) is 60.2. The summed E-state index contributed by atoms with van der Waals surface area (Å²) in [7, 11) is 0. The van der Waals surface area contributed by atoms with Crippen molar-refractivity contribution in [1.82, 2.24) is 16.0 Å². The number of aliphatic carboxylic acids is 1. The molecule has 0 radical (unpaired) electrons. The minimum Gasteiger partial charge on any atom is -0.480 e. The Kier molecular flexibility index (Phi) is 12.4. The molecular formula is C19H35N5O8. The van der Waals surface area contributed by atoms with E-state index in [2.05, 4.69) is 16.0 Å². The van der Waals surface area contributed by atoms with E-state index in [4.69, 9.17) is 11.5 Å². The van der Waals surface area contributed by atoms with Gasteiger partial charge in [0.15, 0.2) is 6.04 Å². The van der Waals surface area contributed by atoms with Crippen LogP contribution in [0.25, 0.3) is 0 Å². The van der Waals surface area contributed by atoms with Gasteiger partial charge in [0.1, 0.15) is 18.1 Å². The zero-order valence-corrected chi connectivity index (χ0v) is 18.7. The van der Waals surface area contributed by atoms with Crippen LogP contribution in [0.2, 0.25) is 0 Å². The Morgan fingerprint density at radius 3 is 1.78 bits per heavy atom. The molecule has 0 saturated heterocycles. The van der Waals surface area contributed by atoms with Crippen LogP contribution < -0.4 is 27.4 Å². The highest BCUT2D eigenvalue weighted by Crippen LogP contribution is 2.10. The number of carboxylic acids is 1. The molecule has 10 N–H and O–H groups in total. The maximum atomic E-state index is 12.8. The van der Waals surface area contributed by atoms with E-state index in [-0.39, 0.29) is 12.8 Å². The highest BCUT2D eigenvalue weighted by atomic mass is 16.4. The minimum absolute atomic E-state index is 0.195. The largest absolute Gasteiger partial charge is 0.480 e. The normalized spacial score (nSPS) is 17.6. The number of amides is 4. The second-order valence-corrected chi connectivity index (χ2v) is 7.77. The van der Waals surface area contributed by atoms with Crippen molar-refractivity contribution < 1.29 is 39.3 Å². The highest BCUT2D eigenvalue weighted by Gasteiger charge is 2.34. The molecule has 0 aliphatic rings. The van der Waals surface area contributed by atoms with E-state index in [9.17, 15) is 39.3 Å². The summed E-state index contributed by atoms with van der Waals surface area (Å²) in [6.45, 7) is 5.86. The Hall–Kier alpha value is -2.77. The van der Waals surface area contributed by atoms with Gasteiger partial charge in [-0.05, 0) is 26.2 Å². The van der Waals surface area contributed by atoms with Crippen LogP contribution in [0, 0.1) is 5.92 Å². The van der Waals surface area contributed by atoms with Crippen LogP contribution in [0.4, 0.5) is 0 Å². The van der Waals surface area contributed by atoms with Crippen LogP contribution in [0.15, 0.2) is 0 Å². The van der Waals surface area contributed by atoms with Gasteiger partial charge in [-0.25, -0.2) is 4.79 Å². The fourth-order valence-electron chi connectivity index (χ4n) is 2.63. The van der Waals surface area contributed by atoms with E-state index in [1.165, 1.54) is 13.8 Å². The van der Waals surface area contributed by atoms with Gasteiger partial charge in [0.25, 0.3) is 0 Å². The Morgan fingerprint density at radius 2 is 1.38 bits per heavy atom. The molecule has 7 unspecified atom stereocenters. The van der Waals surface area contributed by atoms with Crippen LogP contribution in [0.3, 0.4) is 0 Å². The first-order chi connectivity index (χ1) is 14.7. The lowest BCUT2D eigenvalue weighted by molar-refractivity contribution is -0.145. The van der Waals surface area contributed by atoms with Gasteiger partial charge in [0.2, 0.25) is 23.6 Å². The van der Waals surface area contributed by atoms with Crippen molar-refractivity contribution in [2.24, 2.45) is 17.4 Å². The van der Waals surface area contributed by atoms with Crippen molar-refractivity contribution in [1.29, 1.82) is 0 Å². The number of carbonyl (C=O) groups is 5. The molecule has 0 fully saturated rings. The molecule has 0 saturated carbocycles. The van der Waals surface area contributed by atoms with Crippen LogP contribution in [-0.4, -0.2) is 81.3 Å².